The second-order valence-electron chi connectivity index (χ2n) is 1.98. The second kappa shape index (κ2) is 3.77. The first kappa shape index (κ1) is 9.34. The number of rotatable bonds is 3. The van der Waals surface area contributed by atoms with Crippen LogP contribution in [-0.2, 0) is 0 Å². The van der Waals surface area contributed by atoms with E-state index in [1.807, 2.05) is 0 Å². The molecule has 4 nitrogen and oxygen atoms in total. The van der Waals surface area contributed by atoms with Crippen molar-refractivity contribution < 1.29 is 9.72 Å². The van der Waals surface area contributed by atoms with Crippen LogP contribution in [0.15, 0.2) is 11.4 Å². The van der Waals surface area contributed by atoms with E-state index in [0.717, 1.165) is 11.3 Å². The van der Waals surface area contributed by atoms with Gasteiger partial charge in [-0.3, -0.25) is 14.9 Å². The van der Waals surface area contributed by atoms with Crippen molar-refractivity contribution in [1.29, 1.82) is 0 Å². The number of nitro groups is 1. The third kappa shape index (κ3) is 1.89. The van der Waals surface area contributed by atoms with Crippen molar-refractivity contribution in [1.82, 2.24) is 0 Å². The Morgan fingerprint density at radius 2 is 2.42 bits per heavy atom. The summed E-state index contributed by atoms with van der Waals surface area (Å²) in [7, 11) is 0. The number of nitrogens with zero attached hydrogens (tertiary/aromatic N) is 1. The summed E-state index contributed by atoms with van der Waals surface area (Å²) in [5.74, 6) is -0.131. The standard InChI is InChI=1S/C6H4BrNO3S/c7-2-5(9)6-1-4(3-12-6)8(10)11/h1,3H,2H2. The highest BCUT2D eigenvalue weighted by molar-refractivity contribution is 9.09. The molecule has 0 atom stereocenters. The van der Waals surface area contributed by atoms with Crippen molar-refractivity contribution in [2.75, 3.05) is 5.33 Å². The van der Waals surface area contributed by atoms with Gasteiger partial charge in [-0.15, -0.1) is 11.3 Å². The van der Waals surface area contributed by atoms with Crippen LogP contribution in [0.2, 0.25) is 0 Å². The minimum atomic E-state index is -0.512. The summed E-state index contributed by atoms with van der Waals surface area (Å²) in [6.45, 7) is 0. The van der Waals surface area contributed by atoms with Gasteiger partial charge in [-0.1, -0.05) is 15.9 Å². The van der Waals surface area contributed by atoms with Crippen LogP contribution in [0.4, 0.5) is 5.69 Å². The maximum absolute atomic E-state index is 11.0. The largest absolute Gasteiger partial charge is 0.292 e. The topological polar surface area (TPSA) is 60.2 Å². The van der Waals surface area contributed by atoms with Gasteiger partial charge in [0.15, 0.2) is 5.78 Å². The summed E-state index contributed by atoms with van der Waals surface area (Å²) in [5, 5.41) is 11.8. The molecule has 1 rings (SSSR count). The zero-order valence-electron chi connectivity index (χ0n) is 5.82. The second-order valence-corrected chi connectivity index (χ2v) is 3.46. The molecule has 0 bridgehead atoms. The summed E-state index contributed by atoms with van der Waals surface area (Å²) in [6, 6.07) is 1.29. The van der Waals surface area contributed by atoms with E-state index in [1.165, 1.54) is 11.4 Å². The maximum atomic E-state index is 11.0. The molecule has 0 saturated heterocycles. The minimum absolute atomic E-state index is 0.0238. The van der Waals surface area contributed by atoms with Crippen LogP contribution < -0.4 is 0 Å². The number of thiophene rings is 1. The number of halogens is 1. The summed E-state index contributed by atoms with van der Waals surface area (Å²) in [6.07, 6.45) is 0. The monoisotopic (exact) mass is 249 g/mol. The lowest BCUT2D eigenvalue weighted by atomic mass is 10.3. The zero-order valence-corrected chi connectivity index (χ0v) is 8.22. The lowest BCUT2D eigenvalue weighted by Crippen LogP contribution is -1.95. The summed E-state index contributed by atoms with van der Waals surface area (Å²) >= 11 is 4.07. The van der Waals surface area contributed by atoms with Crippen LogP contribution in [0.25, 0.3) is 0 Å². The van der Waals surface area contributed by atoms with E-state index in [4.69, 9.17) is 0 Å². The highest BCUT2D eigenvalue weighted by atomic mass is 79.9. The minimum Gasteiger partial charge on any atom is -0.292 e. The predicted octanol–water partition coefficient (Wildman–Crippen LogP) is 2.23. The number of carbonyl (C=O) groups excluding carboxylic acids is 1. The summed E-state index contributed by atoms with van der Waals surface area (Å²) in [5.41, 5.74) is -0.0238. The van der Waals surface area contributed by atoms with E-state index in [9.17, 15) is 14.9 Å². The van der Waals surface area contributed by atoms with Gasteiger partial charge in [0.1, 0.15) is 0 Å². The van der Waals surface area contributed by atoms with Crippen molar-refractivity contribution in [3.63, 3.8) is 0 Å². The van der Waals surface area contributed by atoms with E-state index in [2.05, 4.69) is 15.9 Å². The third-order valence-electron chi connectivity index (χ3n) is 1.19. The first-order valence-electron chi connectivity index (χ1n) is 2.97. The smallest absolute Gasteiger partial charge is 0.280 e. The molecule has 1 aromatic heterocycles. The van der Waals surface area contributed by atoms with Crippen molar-refractivity contribution in [2.24, 2.45) is 0 Å². The molecule has 0 fully saturated rings. The summed E-state index contributed by atoms with van der Waals surface area (Å²) < 4.78 is 0. The molecule has 64 valence electrons. The van der Waals surface area contributed by atoms with Crippen LogP contribution in [0.5, 0.6) is 0 Å². The van der Waals surface area contributed by atoms with E-state index >= 15 is 0 Å². The fourth-order valence-electron chi connectivity index (χ4n) is 0.634. The average Bonchev–Trinajstić information content (AvgIpc) is 2.51. The van der Waals surface area contributed by atoms with E-state index < -0.39 is 4.92 Å². The Balaban J connectivity index is 2.91. The first-order chi connectivity index (χ1) is 5.65. The number of Topliss-reactive ketones (excluding diaryl/α,β-unsaturated/α-hetero) is 1. The van der Waals surface area contributed by atoms with Gasteiger partial charge in [0, 0.05) is 6.07 Å². The molecule has 6 heteroatoms. The Morgan fingerprint density at radius 1 is 1.75 bits per heavy atom. The first-order valence-corrected chi connectivity index (χ1v) is 4.97. The lowest BCUT2D eigenvalue weighted by Gasteiger charge is -1.85. The van der Waals surface area contributed by atoms with Gasteiger partial charge in [0.2, 0.25) is 0 Å². The van der Waals surface area contributed by atoms with Crippen LogP contribution >= 0.6 is 27.3 Å². The number of alkyl halides is 1. The van der Waals surface area contributed by atoms with Crippen LogP contribution in [0, 0.1) is 10.1 Å². The Kier molecular flexibility index (Phi) is 2.93. The molecule has 0 aliphatic heterocycles. The van der Waals surface area contributed by atoms with Crippen LogP contribution in [0.3, 0.4) is 0 Å². The highest BCUT2D eigenvalue weighted by Crippen LogP contribution is 2.21. The molecule has 0 spiro atoms. The van der Waals surface area contributed by atoms with E-state index in [0.29, 0.717) is 4.88 Å². The van der Waals surface area contributed by atoms with Crippen molar-refractivity contribution >= 4 is 38.7 Å². The van der Waals surface area contributed by atoms with Crippen molar-refractivity contribution in [2.45, 2.75) is 0 Å². The molecule has 12 heavy (non-hydrogen) atoms. The van der Waals surface area contributed by atoms with Gasteiger partial charge < -0.3 is 0 Å². The van der Waals surface area contributed by atoms with E-state index in [-0.39, 0.29) is 16.8 Å². The van der Waals surface area contributed by atoms with Gasteiger partial charge in [0.25, 0.3) is 5.69 Å². The molecule has 1 aromatic rings. The quantitative estimate of drug-likeness (QED) is 0.357. The molecule has 0 aromatic carbocycles. The maximum Gasteiger partial charge on any atom is 0.280 e. The fourth-order valence-corrected chi connectivity index (χ4v) is 1.92. The van der Waals surface area contributed by atoms with Crippen LogP contribution in [0.1, 0.15) is 9.67 Å². The predicted molar refractivity (Wildman–Crippen MR) is 49.1 cm³/mol. The average molecular weight is 250 g/mol. The van der Waals surface area contributed by atoms with E-state index in [1.54, 1.807) is 0 Å². The van der Waals surface area contributed by atoms with Crippen molar-refractivity contribution in [3.8, 4) is 0 Å². The number of hydrogen-bond acceptors (Lipinski definition) is 4. The van der Waals surface area contributed by atoms with Crippen molar-refractivity contribution in [3.05, 3.63) is 26.4 Å². The van der Waals surface area contributed by atoms with Gasteiger partial charge in [-0.25, -0.2) is 0 Å². The lowest BCUT2D eigenvalue weighted by molar-refractivity contribution is -0.384. The zero-order chi connectivity index (χ0) is 9.14. The molecule has 0 aliphatic rings. The molecule has 1 heterocycles. The Hall–Kier alpha value is -0.750. The molecule has 0 unspecified atom stereocenters. The molecular weight excluding hydrogens is 246 g/mol. The number of hydrogen-bond donors (Lipinski definition) is 0. The molecule has 0 N–H and O–H groups in total. The molecular formula is C6H4BrNO3S. The molecule has 0 radical (unpaired) electrons. The summed E-state index contributed by atoms with van der Waals surface area (Å²) in [4.78, 5) is 21.1. The Morgan fingerprint density at radius 3 is 2.83 bits per heavy atom. The normalized spacial score (nSPS) is 9.75. The Labute approximate surface area is 80.5 Å². The molecule has 0 amide bonds. The Bertz CT molecular complexity index is 322. The third-order valence-corrected chi connectivity index (χ3v) is 2.66. The van der Waals surface area contributed by atoms with Gasteiger partial charge in [0.05, 0.1) is 20.5 Å². The van der Waals surface area contributed by atoms with Gasteiger partial charge >= 0.3 is 0 Å². The molecule has 0 aliphatic carbocycles. The number of ketones is 1. The molecule has 0 saturated carbocycles. The van der Waals surface area contributed by atoms with Gasteiger partial charge in [-0.2, -0.15) is 0 Å². The highest BCUT2D eigenvalue weighted by Gasteiger charge is 2.13. The number of carbonyl (C=O) groups is 1. The van der Waals surface area contributed by atoms with Gasteiger partial charge in [-0.05, 0) is 0 Å². The van der Waals surface area contributed by atoms with Crippen LogP contribution in [-0.4, -0.2) is 16.0 Å². The SMILES string of the molecule is O=C(CBr)c1cc([N+](=O)[O-])cs1. The fraction of sp³-hybridized carbons (Fsp3) is 0.167.